The third-order valence-electron chi connectivity index (χ3n) is 2.97. The number of rotatable bonds is 4. The Morgan fingerprint density at radius 1 is 1.31 bits per heavy atom. The Bertz CT molecular complexity index is 372. The van der Waals surface area contributed by atoms with Gasteiger partial charge in [0.25, 0.3) is 0 Å². The molecular formula is C14H16OSe. The first-order valence-electron chi connectivity index (χ1n) is 5.67. The van der Waals surface area contributed by atoms with Crippen molar-refractivity contribution in [1.29, 1.82) is 0 Å². The second-order valence-electron chi connectivity index (χ2n) is 4.12. The molecule has 1 saturated carbocycles. The van der Waals surface area contributed by atoms with Crippen molar-refractivity contribution in [3.63, 3.8) is 0 Å². The molecule has 0 saturated heterocycles. The van der Waals surface area contributed by atoms with Gasteiger partial charge in [-0.2, -0.15) is 0 Å². The number of ketones is 1. The van der Waals surface area contributed by atoms with Gasteiger partial charge in [0, 0.05) is 0 Å². The molecule has 1 aliphatic carbocycles. The van der Waals surface area contributed by atoms with Crippen molar-refractivity contribution in [2.24, 2.45) is 5.92 Å². The summed E-state index contributed by atoms with van der Waals surface area (Å²) in [7, 11) is 0. The molecule has 2 unspecified atom stereocenters. The zero-order valence-electron chi connectivity index (χ0n) is 9.26. The predicted octanol–water partition coefficient (Wildman–Crippen LogP) is 2.36. The van der Waals surface area contributed by atoms with Gasteiger partial charge >= 0.3 is 103 Å². The number of allylic oxidation sites excluding steroid dienone is 1. The van der Waals surface area contributed by atoms with E-state index < -0.39 is 0 Å². The maximum atomic E-state index is 12.1. The standard InChI is InChI=1S/C14H16OSe/c1-2-6-11-9-10-13(14(11)15)16-12-7-4-3-5-8-12/h2-5,7-8,11,13H,1,6,9-10H2. The van der Waals surface area contributed by atoms with Crippen molar-refractivity contribution in [3.05, 3.63) is 43.0 Å². The molecule has 0 spiro atoms. The molecule has 1 aliphatic rings. The Kier molecular flexibility index (Phi) is 3.98. The number of carbonyl (C=O) groups is 1. The Morgan fingerprint density at radius 3 is 2.75 bits per heavy atom. The van der Waals surface area contributed by atoms with Gasteiger partial charge in [0.2, 0.25) is 0 Å². The van der Waals surface area contributed by atoms with Crippen LogP contribution in [0.3, 0.4) is 0 Å². The van der Waals surface area contributed by atoms with Crippen molar-refractivity contribution < 1.29 is 4.79 Å². The van der Waals surface area contributed by atoms with Crippen molar-refractivity contribution in [2.75, 3.05) is 0 Å². The molecular weight excluding hydrogens is 263 g/mol. The zero-order valence-corrected chi connectivity index (χ0v) is 11.0. The van der Waals surface area contributed by atoms with Crippen molar-refractivity contribution >= 4 is 25.2 Å². The molecule has 2 atom stereocenters. The summed E-state index contributed by atoms with van der Waals surface area (Å²) in [5.41, 5.74) is 0. The van der Waals surface area contributed by atoms with Gasteiger partial charge in [-0.3, -0.25) is 0 Å². The summed E-state index contributed by atoms with van der Waals surface area (Å²) in [4.78, 5) is 12.4. The molecule has 0 amide bonds. The van der Waals surface area contributed by atoms with E-state index in [1.54, 1.807) is 0 Å². The third-order valence-corrected chi connectivity index (χ3v) is 5.69. The average molecular weight is 279 g/mol. The summed E-state index contributed by atoms with van der Waals surface area (Å²) >= 11 is 0.314. The maximum absolute atomic E-state index is 12.1. The number of benzene rings is 1. The van der Waals surface area contributed by atoms with Crippen LogP contribution in [-0.2, 0) is 4.79 Å². The second-order valence-corrected chi connectivity index (χ2v) is 6.80. The van der Waals surface area contributed by atoms with Gasteiger partial charge in [0.1, 0.15) is 0 Å². The van der Waals surface area contributed by atoms with E-state index in [0.717, 1.165) is 19.3 Å². The van der Waals surface area contributed by atoms with E-state index in [1.807, 2.05) is 12.1 Å². The van der Waals surface area contributed by atoms with E-state index in [2.05, 4.69) is 30.8 Å². The molecule has 1 nitrogen and oxygen atoms in total. The van der Waals surface area contributed by atoms with Crippen molar-refractivity contribution in [2.45, 2.75) is 24.1 Å². The summed E-state index contributed by atoms with van der Waals surface area (Å²) < 4.78 is 1.34. The SMILES string of the molecule is C=CCC1CCC([Se]c2ccccc2)C1=O. The van der Waals surface area contributed by atoms with Crippen LogP contribution in [0.2, 0.25) is 4.82 Å². The number of hydrogen-bond donors (Lipinski definition) is 0. The van der Waals surface area contributed by atoms with Crippen LogP contribution < -0.4 is 4.46 Å². The van der Waals surface area contributed by atoms with E-state index >= 15 is 0 Å². The van der Waals surface area contributed by atoms with Gasteiger partial charge in [-0.15, -0.1) is 0 Å². The summed E-state index contributed by atoms with van der Waals surface area (Å²) in [6.07, 6.45) is 4.87. The van der Waals surface area contributed by atoms with Crippen molar-refractivity contribution in [1.82, 2.24) is 0 Å². The van der Waals surface area contributed by atoms with Crippen LogP contribution in [0, 0.1) is 5.92 Å². The molecule has 1 aromatic carbocycles. The zero-order chi connectivity index (χ0) is 11.4. The monoisotopic (exact) mass is 280 g/mol. The first-order chi connectivity index (χ1) is 7.81. The quantitative estimate of drug-likeness (QED) is 0.611. The Morgan fingerprint density at radius 2 is 2.06 bits per heavy atom. The minimum absolute atomic E-state index is 0.257. The van der Waals surface area contributed by atoms with Crippen LogP contribution in [0.5, 0.6) is 0 Å². The van der Waals surface area contributed by atoms with Gasteiger partial charge in [-0.1, -0.05) is 0 Å². The normalized spacial score (nSPS) is 24.6. The average Bonchev–Trinajstić information content (AvgIpc) is 2.64. The summed E-state index contributed by atoms with van der Waals surface area (Å²) in [6.45, 7) is 3.72. The summed E-state index contributed by atoms with van der Waals surface area (Å²) in [5, 5.41) is 0. The number of hydrogen-bond acceptors (Lipinski definition) is 1. The summed E-state index contributed by atoms with van der Waals surface area (Å²) in [6, 6.07) is 10.4. The molecule has 0 bridgehead atoms. The van der Waals surface area contributed by atoms with Gasteiger partial charge in [0.05, 0.1) is 0 Å². The van der Waals surface area contributed by atoms with Gasteiger partial charge in [0.15, 0.2) is 0 Å². The fraction of sp³-hybridized carbons (Fsp3) is 0.357. The molecule has 0 heterocycles. The van der Waals surface area contributed by atoms with E-state index in [-0.39, 0.29) is 5.92 Å². The van der Waals surface area contributed by atoms with Crippen LogP contribution in [0.4, 0.5) is 0 Å². The molecule has 2 heteroatoms. The molecule has 0 aliphatic heterocycles. The van der Waals surface area contributed by atoms with Crippen LogP contribution in [0.15, 0.2) is 43.0 Å². The summed E-state index contributed by atoms with van der Waals surface area (Å²) in [5.74, 6) is 0.733. The molecule has 0 N–H and O–H groups in total. The molecule has 1 aromatic rings. The van der Waals surface area contributed by atoms with E-state index in [1.165, 1.54) is 4.46 Å². The van der Waals surface area contributed by atoms with Crippen LogP contribution in [0.25, 0.3) is 0 Å². The number of carbonyl (C=O) groups excluding carboxylic acids is 1. The second kappa shape index (κ2) is 5.47. The molecule has 1 fully saturated rings. The van der Waals surface area contributed by atoms with Crippen LogP contribution in [0.1, 0.15) is 19.3 Å². The van der Waals surface area contributed by atoms with E-state index in [4.69, 9.17) is 0 Å². The fourth-order valence-electron chi connectivity index (χ4n) is 2.12. The first kappa shape index (κ1) is 11.6. The predicted molar refractivity (Wildman–Crippen MR) is 68.1 cm³/mol. The van der Waals surface area contributed by atoms with E-state index in [9.17, 15) is 4.79 Å². The van der Waals surface area contributed by atoms with Crippen molar-refractivity contribution in [3.8, 4) is 0 Å². The van der Waals surface area contributed by atoms with Gasteiger partial charge < -0.3 is 0 Å². The number of Topliss-reactive ketones (excluding diaryl/α,β-unsaturated/α-hetero) is 1. The van der Waals surface area contributed by atoms with Gasteiger partial charge in [-0.05, 0) is 0 Å². The Balaban J connectivity index is 1.97. The molecule has 0 aromatic heterocycles. The molecule has 84 valence electrons. The Hall–Kier alpha value is -0.851. The van der Waals surface area contributed by atoms with E-state index in [0.29, 0.717) is 25.6 Å². The molecule has 2 rings (SSSR count). The topological polar surface area (TPSA) is 17.1 Å². The Labute approximate surface area is 103 Å². The third kappa shape index (κ3) is 2.63. The molecule has 0 radical (unpaired) electrons. The van der Waals surface area contributed by atoms with Crippen LogP contribution in [-0.4, -0.2) is 20.7 Å². The first-order valence-corrected chi connectivity index (χ1v) is 7.52. The molecule has 16 heavy (non-hydrogen) atoms. The fourth-order valence-corrected chi connectivity index (χ4v) is 4.64. The van der Waals surface area contributed by atoms with Gasteiger partial charge in [-0.25, -0.2) is 0 Å². The van der Waals surface area contributed by atoms with Crippen LogP contribution >= 0.6 is 0 Å². The minimum atomic E-state index is 0.257.